The molecule has 0 radical (unpaired) electrons. The number of methoxy groups -OCH3 is 1. The molecule has 0 aliphatic carbocycles. The fourth-order valence-electron chi connectivity index (χ4n) is 1.80. The number of hydrogen-bond donors (Lipinski definition) is 1. The molecule has 2 aromatic rings. The number of oxazole rings is 1. The summed E-state index contributed by atoms with van der Waals surface area (Å²) < 4.78 is 9.49. The van der Waals surface area contributed by atoms with Crippen molar-refractivity contribution in [3.05, 3.63) is 34.3 Å². The predicted octanol–water partition coefficient (Wildman–Crippen LogP) is 1.50. The first-order valence-electron chi connectivity index (χ1n) is 5.62. The number of aromatic nitrogens is 1. The minimum atomic E-state index is -1.29. The molecular formula is C13H13NO5. The van der Waals surface area contributed by atoms with Gasteiger partial charge in [-0.2, -0.15) is 0 Å². The second kappa shape index (κ2) is 4.38. The molecule has 6 heteroatoms. The molecule has 19 heavy (non-hydrogen) atoms. The first-order chi connectivity index (χ1) is 8.86. The van der Waals surface area contributed by atoms with Gasteiger partial charge in [0.2, 0.25) is 0 Å². The normalized spacial score (nSPS) is 11.5. The van der Waals surface area contributed by atoms with Crippen LogP contribution in [0, 0.1) is 5.41 Å². The number of H-pyrrole nitrogens is 1. The number of esters is 1. The Morgan fingerprint density at radius 2 is 2.00 bits per heavy atom. The second-order valence-corrected chi connectivity index (χ2v) is 4.67. The molecule has 100 valence electrons. The summed E-state index contributed by atoms with van der Waals surface area (Å²) in [5.41, 5.74) is -0.237. The summed E-state index contributed by atoms with van der Waals surface area (Å²) in [5.74, 6) is -1.61. The van der Waals surface area contributed by atoms with Crippen molar-refractivity contribution in [3.8, 4) is 0 Å². The van der Waals surface area contributed by atoms with Gasteiger partial charge in [-0.15, -0.1) is 0 Å². The number of hydrogen-bond acceptors (Lipinski definition) is 5. The van der Waals surface area contributed by atoms with Gasteiger partial charge in [-0.1, -0.05) is 0 Å². The van der Waals surface area contributed by atoms with Crippen LogP contribution in [0.15, 0.2) is 27.4 Å². The van der Waals surface area contributed by atoms with Crippen LogP contribution in [0.25, 0.3) is 11.1 Å². The van der Waals surface area contributed by atoms with Crippen LogP contribution in [0.1, 0.15) is 24.2 Å². The molecule has 2 rings (SSSR count). The van der Waals surface area contributed by atoms with Crippen molar-refractivity contribution in [2.24, 2.45) is 5.41 Å². The van der Waals surface area contributed by atoms with Crippen LogP contribution in [0.5, 0.6) is 0 Å². The molecule has 0 bridgehead atoms. The summed E-state index contributed by atoms with van der Waals surface area (Å²) in [7, 11) is 1.23. The fourth-order valence-corrected chi connectivity index (χ4v) is 1.80. The van der Waals surface area contributed by atoms with Crippen molar-refractivity contribution in [2.45, 2.75) is 13.8 Å². The van der Waals surface area contributed by atoms with E-state index in [9.17, 15) is 14.4 Å². The quantitative estimate of drug-likeness (QED) is 0.515. The molecule has 0 atom stereocenters. The van der Waals surface area contributed by atoms with E-state index >= 15 is 0 Å². The molecular weight excluding hydrogens is 250 g/mol. The third kappa shape index (κ3) is 2.16. The lowest BCUT2D eigenvalue weighted by molar-refractivity contribution is -0.147. The van der Waals surface area contributed by atoms with E-state index in [1.165, 1.54) is 33.1 Å². The van der Waals surface area contributed by atoms with Gasteiger partial charge in [-0.3, -0.25) is 14.6 Å². The highest BCUT2D eigenvalue weighted by atomic mass is 16.5. The standard InChI is InChI=1S/C13H13NO5/c1-13(2,11(16)18-3)10(15)7-4-5-8-9(6-7)19-12(17)14-8/h4-6H,1-3H3,(H,14,17). The first kappa shape index (κ1) is 13.1. The second-order valence-electron chi connectivity index (χ2n) is 4.67. The number of benzene rings is 1. The molecule has 0 unspecified atom stereocenters. The molecule has 6 nitrogen and oxygen atoms in total. The summed E-state index contributed by atoms with van der Waals surface area (Å²) in [6.45, 7) is 2.97. The van der Waals surface area contributed by atoms with Gasteiger partial charge in [-0.05, 0) is 32.0 Å². The lowest BCUT2D eigenvalue weighted by Gasteiger charge is -2.19. The largest absolute Gasteiger partial charge is 0.468 e. The van der Waals surface area contributed by atoms with Crippen molar-refractivity contribution in [1.29, 1.82) is 0 Å². The number of carbonyl (C=O) groups excluding carboxylic acids is 2. The molecule has 0 aliphatic rings. The fraction of sp³-hybridized carbons (Fsp3) is 0.308. The van der Waals surface area contributed by atoms with E-state index in [4.69, 9.17) is 4.42 Å². The Bertz CT molecular complexity index is 707. The zero-order chi connectivity index (χ0) is 14.2. The predicted molar refractivity (Wildman–Crippen MR) is 67.0 cm³/mol. The van der Waals surface area contributed by atoms with Crippen LogP contribution < -0.4 is 5.76 Å². The average Bonchev–Trinajstić information content (AvgIpc) is 2.75. The van der Waals surface area contributed by atoms with E-state index in [2.05, 4.69) is 9.72 Å². The number of ketones is 1. The zero-order valence-corrected chi connectivity index (χ0v) is 10.8. The number of fused-ring (bicyclic) bond motifs is 1. The van der Waals surface area contributed by atoms with E-state index in [-0.39, 0.29) is 11.1 Å². The summed E-state index contributed by atoms with van der Waals surface area (Å²) in [4.78, 5) is 37.4. The van der Waals surface area contributed by atoms with E-state index in [1.54, 1.807) is 6.07 Å². The zero-order valence-electron chi connectivity index (χ0n) is 10.8. The number of ether oxygens (including phenoxy) is 1. The van der Waals surface area contributed by atoms with Gasteiger partial charge in [0.15, 0.2) is 11.4 Å². The molecule has 0 saturated carbocycles. The summed E-state index contributed by atoms with van der Waals surface area (Å²) >= 11 is 0. The molecule has 1 aromatic carbocycles. The van der Waals surface area contributed by atoms with E-state index < -0.39 is 22.9 Å². The van der Waals surface area contributed by atoms with Crippen LogP contribution in [0.3, 0.4) is 0 Å². The van der Waals surface area contributed by atoms with Gasteiger partial charge in [0.05, 0.1) is 12.6 Å². The van der Waals surface area contributed by atoms with Crippen LogP contribution in [0.4, 0.5) is 0 Å². The number of nitrogens with one attached hydrogen (secondary N) is 1. The molecule has 0 spiro atoms. The SMILES string of the molecule is COC(=O)C(C)(C)C(=O)c1ccc2[nH]c(=O)oc2c1. The number of rotatable bonds is 3. The highest BCUT2D eigenvalue weighted by molar-refractivity contribution is 6.12. The molecule has 0 fully saturated rings. The van der Waals surface area contributed by atoms with Gasteiger partial charge >= 0.3 is 11.7 Å². The van der Waals surface area contributed by atoms with Gasteiger partial charge in [0, 0.05) is 5.56 Å². The van der Waals surface area contributed by atoms with Gasteiger partial charge in [0.25, 0.3) is 0 Å². The van der Waals surface area contributed by atoms with Crippen molar-refractivity contribution < 1.29 is 18.7 Å². The lowest BCUT2D eigenvalue weighted by Crippen LogP contribution is -2.34. The highest BCUT2D eigenvalue weighted by Crippen LogP contribution is 2.25. The van der Waals surface area contributed by atoms with E-state index in [1.807, 2.05) is 0 Å². The molecule has 0 aliphatic heterocycles. The lowest BCUT2D eigenvalue weighted by atomic mass is 9.84. The Hall–Kier alpha value is -2.37. The van der Waals surface area contributed by atoms with Crippen LogP contribution in [-0.4, -0.2) is 23.8 Å². The highest BCUT2D eigenvalue weighted by Gasteiger charge is 2.37. The maximum Gasteiger partial charge on any atom is 0.417 e. The maximum absolute atomic E-state index is 12.3. The van der Waals surface area contributed by atoms with E-state index in [0.717, 1.165) is 0 Å². The molecule has 1 N–H and O–H groups in total. The molecule has 0 saturated heterocycles. The number of Topliss-reactive ketones (excluding diaryl/α,β-unsaturated/α-hetero) is 1. The minimum absolute atomic E-state index is 0.275. The minimum Gasteiger partial charge on any atom is -0.468 e. The summed E-state index contributed by atoms with van der Waals surface area (Å²) in [6.07, 6.45) is 0. The monoisotopic (exact) mass is 263 g/mol. The van der Waals surface area contributed by atoms with Crippen molar-refractivity contribution in [2.75, 3.05) is 7.11 Å². The van der Waals surface area contributed by atoms with Gasteiger partial charge in [0.1, 0.15) is 5.41 Å². The first-order valence-corrected chi connectivity index (χ1v) is 5.62. The van der Waals surface area contributed by atoms with Crippen molar-refractivity contribution >= 4 is 22.9 Å². The van der Waals surface area contributed by atoms with Crippen LogP contribution in [-0.2, 0) is 9.53 Å². The Labute approximate surface area is 108 Å². The van der Waals surface area contributed by atoms with E-state index in [0.29, 0.717) is 5.52 Å². The number of aromatic amines is 1. The van der Waals surface area contributed by atoms with Crippen molar-refractivity contribution in [3.63, 3.8) is 0 Å². The maximum atomic E-state index is 12.3. The van der Waals surface area contributed by atoms with Crippen LogP contribution in [0.2, 0.25) is 0 Å². The summed E-state index contributed by atoms with van der Waals surface area (Å²) in [5, 5.41) is 0. The average molecular weight is 263 g/mol. The third-order valence-corrected chi connectivity index (χ3v) is 2.95. The molecule has 1 aromatic heterocycles. The molecule has 1 heterocycles. The summed E-state index contributed by atoms with van der Waals surface area (Å²) in [6, 6.07) is 4.52. The number of carbonyl (C=O) groups is 2. The Kier molecular flexibility index (Phi) is 3.01. The van der Waals surface area contributed by atoms with Crippen LogP contribution >= 0.6 is 0 Å². The van der Waals surface area contributed by atoms with Crippen molar-refractivity contribution in [1.82, 2.24) is 4.98 Å². The Balaban J connectivity index is 2.46. The smallest absolute Gasteiger partial charge is 0.417 e. The van der Waals surface area contributed by atoms with Gasteiger partial charge < -0.3 is 9.15 Å². The van der Waals surface area contributed by atoms with Gasteiger partial charge in [-0.25, -0.2) is 4.79 Å². The molecule has 0 amide bonds. The topological polar surface area (TPSA) is 89.4 Å². The Morgan fingerprint density at radius 1 is 1.32 bits per heavy atom. The Morgan fingerprint density at radius 3 is 2.63 bits per heavy atom. The third-order valence-electron chi connectivity index (χ3n) is 2.95.